The van der Waals surface area contributed by atoms with Gasteiger partial charge >= 0.3 is 0 Å². The van der Waals surface area contributed by atoms with E-state index < -0.39 is 6.04 Å². The summed E-state index contributed by atoms with van der Waals surface area (Å²) in [6, 6.07) is -0.518. The number of nitrogens with two attached hydrogens (primary N) is 1. The predicted octanol–water partition coefficient (Wildman–Crippen LogP) is 0.00382. The highest BCUT2D eigenvalue weighted by Crippen LogP contribution is 2.00. The van der Waals surface area contributed by atoms with E-state index >= 15 is 0 Å². The molecule has 0 saturated carbocycles. The molecule has 66 valence electrons. The van der Waals surface area contributed by atoms with E-state index in [2.05, 4.69) is 15.3 Å². The van der Waals surface area contributed by atoms with Crippen molar-refractivity contribution in [2.75, 3.05) is 5.32 Å². The standard InChI is InChI=1S/C7H12N4O/c1-4-3-9-7(10-4)11-6(12)5(2)8/h3,5H,8H2,1-2H3,(H2,9,10,11,12). The maximum Gasteiger partial charge on any atom is 0.243 e. The number of amides is 1. The van der Waals surface area contributed by atoms with Gasteiger partial charge in [-0.3, -0.25) is 10.1 Å². The van der Waals surface area contributed by atoms with Crippen molar-refractivity contribution in [3.8, 4) is 0 Å². The molecule has 0 aliphatic carbocycles. The molecule has 5 heteroatoms. The van der Waals surface area contributed by atoms with Crippen molar-refractivity contribution in [3.63, 3.8) is 0 Å². The summed E-state index contributed by atoms with van der Waals surface area (Å²) in [6.45, 7) is 3.47. The number of nitrogens with zero attached hydrogens (tertiary/aromatic N) is 1. The third kappa shape index (κ3) is 2.06. The third-order valence-corrected chi connectivity index (χ3v) is 1.36. The van der Waals surface area contributed by atoms with Gasteiger partial charge in [0.25, 0.3) is 0 Å². The Kier molecular flexibility index (Phi) is 2.44. The van der Waals surface area contributed by atoms with E-state index in [0.717, 1.165) is 5.69 Å². The van der Waals surface area contributed by atoms with Crippen LogP contribution in [-0.2, 0) is 4.79 Å². The molecule has 1 atom stereocenters. The molecule has 1 aromatic heterocycles. The largest absolute Gasteiger partial charge is 0.328 e. The maximum absolute atomic E-state index is 11.0. The van der Waals surface area contributed by atoms with Gasteiger partial charge in [-0.25, -0.2) is 4.98 Å². The summed E-state index contributed by atoms with van der Waals surface area (Å²) in [5.41, 5.74) is 6.23. The molecule has 1 aromatic rings. The molecule has 1 amide bonds. The number of hydrogen-bond acceptors (Lipinski definition) is 3. The number of carbonyl (C=O) groups is 1. The van der Waals surface area contributed by atoms with Crippen LogP contribution < -0.4 is 11.1 Å². The SMILES string of the molecule is Cc1cnc(NC(=O)C(C)N)[nH]1. The van der Waals surface area contributed by atoms with E-state index in [-0.39, 0.29) is 5.91 Å². The first-order valence-corrected chi connectivity index (χ1v) is 3.67. The fourth-order valence-electron chi connectivity index (χ4n) is 0.707. The van der Waals surface area contributed by atoms with Gasteiger partial charge in [-0.1, -0.05) is 0 Å². The molecule has 1 unspecified atom stereocenters. The molecule has 0 bridgehead atoms. The number of H-pyrrole nitrogens is 1. The van der Waals surface area contributed by atoms with E-state index in [0.29, 0.717) is 5.95 Å². The number of hydrogen-bond donors (Lipinski definition) is 3. The Morgan fingerprint density at radius 3 is 2.92 bits per heavy atom. The minimum atomic E-state index is -0.518. The van der Waals surface area contributed by atoms with Crippen LogP contribution in [0.1, 0.15) is 12.6 Å². The molecule has 5 nitrogen and oxygen atoms in total. The van der Waals surface area contributed by atoms with Crippen LogP contribution in [-0.4, -0.2) is 21.9 Å². The van der Waals surface area contributed by atoms with Crippen molar-refractivity contribution in [1.29, 1.82) is 0 Å². The van der Waals surface area contributed by atoms with E-state index in [9.17, 15) is 4.79 Å². The van der Waals surface area contributed by atoms with Crippen molar-refractivity contribution >= 4 is 11.9 Å². The molecular weight excluding hydrogens is 156 g/mol. The number of aryl methyl sites for hydroxylation is 1. The van der Waals surface area contributed by atoms with Gasteiger partial charge in [0.1, 0.15) is 0 Å². The lowest BCUT2D eigenvalue weighted by Crippen LogP contribution is -2.32. The van der Waals surface area contributed by atoms with Gasteiger partial charge in [-0.2, -0.15) is 0 Å². The van der Waals surface area contributed by atoms with Gasteiger partial charge in [0.2, 0.25) is 11.9 Å². The second-order valence-corrected chi connectivity index (χ2v) is 2.69. The van der Waals surface area contributed by atoms with E-state index in [4.69, 9.17) is 5.73 Å². The van der Waals surface area contributed by atoms with Crippen LogP contribution in [0.4, 0.5) is 5.95 Å². The summed E-state index contributed by atoms with van der Waals surface area (Å²) < 4.78 is 0. The summed E-state index contributed by atoms with van der Waals surface area (Å²) in [5, 5.41) is 2.53. The highest BCUT2D eigenvalue weighted by atomic mass is 16.2. The number of nitrogens with one attached hydrogen (secondary N) is 2. The lowest BCUT2D eigenvalue weighted by Gasteiger charge is -2.03. The number of carbonyl (C=O) groups excluding carboxylic acids is 1. The zero-order valence-corrected chi connectivity index (χ0v) is 7.09. The summed E-state index contributed by atoms with van der Waals surface area (Å²) in [7, 11) is 0. The quantitative estimate of drug-likeness (QED) is 0.581. The Labute approximate surface area is 70.4 Å². The summed E-state index contributed by atoms with van der Waals surface area (Å²) in [5.74, 6) is 0.194. The van der Waals surface area contributed by atoms with Crippen LogP contribution in [0.2, 0.25) is 0 Å². The summed E-state index contributed by atoms with van der Waals surface area (Å²) in [4.78, 5) is 17.8. The number of aromatic amines is 1. The summed E-state index contributed by atoms with van der Waals surface area (Å²) in [6.07, 6.45) is 1.64. The number of aromatic nitrogens is 2. The normalized spacial score (nSPS) is 12.6. The van der Waals surface area contributed by atoms with Crippen LogP contribution in [0, 0.1) is 6.92 Å². The fourth-order valence-corrected chi connectivity index (χ4v) is 0.707. The molecule has 12 heavy (non-hydrogen) atoms. The molecule has 0 fully saturated rings. The Bertz CT molecular complexity index is 279. The van der Waals surface area contributed by atoms with Crippen LogP contribution in [0.15, 0.2) is 6.20 Å². The molecule has 1 heterocycles. The van der Waals surface area contributed by atoms with Crippen LogP contribution >= 0.6 is 0 Å². The van der Waals surface area contributed by atoms with Gasteiger partial charge in [0.05, 0.1) is 6.04 Å². The average molecular weight is 168 g/mol. The third-order valence-electron chi connectivity index (χ3n) is 1.36. The Hall–Kier alpha value is -1.36. The molecule has 0 aromatic carbocycles. The van der Waals surface area contributed by atoms with Gasteiger partial charge in [0, 0.05) is 11.9 Å². The average Bonchev–Trinajstić information content (AvgIpc) is 2.35. The van der Waals surface area contributed by atoms with Crippen molar-refractivity contribution in [2.24, 2.45) is 5.73 Å². The molecular formula is C7H12N4O. The minimum absolute atomic E-state index is 0.246. The van der Waals surface area contributed by atoms with Crippen molar-refractivity contribution in [1.82, 2.24) is 9.97 Å². The number of imidazole rings is 1. The molecule has 4 N–H and O–H groups in total. The van der Waals surface area contributed by atoms with Gasteiger partial charge < -0.3 is 10.7 Å². The topological polar surface area (TPSA) is 83.8 Å². The van der Waals surface area contributed by atoms with Crippen LogP contribution in [0.3, 0.4) is 0 Å². The fraction of sp³-hybridized carbons (Fsp3) is 0.429. The minimum Gasteiger partial charge on any atom is -0.328 e. The van der Waals surface area contributed by atoms with E-state index in [1.165, 1.54) is 0 Å². The maximum atomic E-state index is 11.0. The highest BCUT2D eigenvalue weighted by molar-refractivity contribution is 5.92. The molecule has 0 aliphatic rings. The Morgan fingerprint density at radius 2 is 2.50 bits per heavy atom. The van der Waals surface area contributed by atoms with Gasteiger partial charge in [0.15, 0.2) is 0 Å². The Balaban J connectivity index is 2.58. The number of anilines is 1. The zero-order chi connectivity index (χ0) is 9.14. The second-order valence-electron chi connectivity index (χ2n) is 2.69. The highest BCUT2D eigenvalue weighted by Gasteiger charge is 2.08. The molecule has 0 aliphatic heterocycles. The van der Waals surface area contributed by atoms with Gasteiger partial charge in [-0.15, -0.1) is 0 Å². The first-order valence-electron chi connectivity index (χ1n) is 3.67. The van der Waals surface area contributed by atoms with Crippen molar-refractivity contribution in [2.45, 2.75) is 19.9 Å². The second kappa shape index (κ2) is 3.36. The van der Waals surface area contributed by atoms with E-state index in [1.54, 1.807) is 13.1 Å². The monoisotopic (exact) mass is 168 g/mol. The smallest absolute Gasteiger partial charge is 0.243 e. The van der Waals surface area contributed by atoms with Crippen molar-refractivity contribution < 1.29 is 4.79 Å². The van der Waals surface area contributed by atoms with Crippen LogP contribution in [0.25, 0.3) is 0 Å². The number of rotatable bonds is 2. The summed E-state index contributed by atoms with van der Waals surface area (Å²) >= 11 is 0. The van der Waals surface area contributed by atoms with E-state index in [1.807, 2.05) is 6.92 Å². The molecule has 1 rings (SSSR count). The van der Waals surface area contributed by atoms with Crippen LogP contribution in [0.5, 0.6) is 0 Å². The zero-order valence-electron chi connectivity index (χ0n) is 7.09. The molecule has 0 saturated heterocycles. The molecule has 0 spiro atoms. The Morgan fingerprint density at radius 1 is 1.83 bits per heavy atom. The predicted molar refractivity (Wildman–Crippen MR) is 45.6 cm³/mol. The van der Waals surface area contributed by atoms with Crippen molar-refractivity contribution in [3.05, 3.63) is 11.9 Å². The molecule has 0 radical (unpaired) electrons. The first-order chi connectivity index (χ1) is 5.59. The van der Waals surface area contributed by atoms with Gasteiger partial charge in [-0.05, 0) is 13.8 Å². The lowest BCUT2D eigenvalue weighted by atomic mass is 10.3. The first kappa shape index (κ1) is 8.73. The lowest BCUT2D eigenvalue weighted by molar-refractivity contribution is -0.117.